The van der Waals surface area contributed by atoms with Crippen LogP contribution in [0.4, 0.5) is 8.78 Å². The van der Waals surface area contributed by atoms with Crippen LogP contribution in [0, 0.1) is 11.6 Å². The summed E-state index contributed by atoms with van der Waals surface area (Å²) >= 11 is 5.83. The normalized spacial score (nSPS) is 11.8. The molecule has 0 bridgehead atoms. The zero-order chi connectivity index (χ0) is 23.1. The first-order chi connectivity index (χ1) is 15.3. The Morgan fingerprint density at radius 3 is 2.31 bits per heavy atom. The fourth-order valence-electron chi connectivity index (χ4n) is 2.72. The van der Waals surface area contributed by atoms with Gasteiger partial charge in [-0.05, 0) is 48.0 Å². The quantitative estimate of drug-likeness (QED) is 0.394. The number of hydrazone groups is 1. The van der Waals surface area contributed by atoms with Gasteiger partial charge >= 0.3 is 0 Å². The van der Waals surface area contributed by atoms with Crippen molar-refractivity contribution in [1.82, 2.24) is 9.73 Å². The summed E-state index contributed by atoms with van der Waals surface area (Å²) in [5.41, 5.74) is 2.86. The maximum absolute atomic E-state index is 14.2. The molecule has 0 spiro atoms. The van der Waals surface area contributed by atoms with Crippen LogP contribution in [0.2, 0.25) is 5.02 Å². The number of carbonyl (C=O) groups excluding carboxylic acids is 1. The third-order valence-corrected chi connectivity index (χ3v) is 6.41. The molecule has 0 heterocycles. The van der Waals surface area contributed by atoms with E-state index in [-0.39, 0.29) is 17.0 Å². The summed E-state index contributed by atoms with van der Waals surface area (Å²) in [6, 6.07) is 16.5. The first-order valence-corrected chi connectivity index (χ1v) is 11.1. The van der Waals surface area contributed by atoms with Crippen LogP contribution in [0.3, 0.4) is 0 Å². The van der Waals surface area contributed by atoms with Crippen LogP contribution in [0.15, 0.2) is 82.8 Å². The molecular formula is C22H18ClF2N3O3S. The van der Waals surface area contributed by atoms with E-state index < -0.39 is 34.1 Å². The summed E-state index contributed by atoms with van der Waals surface area (Å²) in [6.07, 6.45) is 1.28. The van der Waals surface area contributed by atoms with Gasteiger partial charge in [0.1, 0.15) is 11.6 Å². The molecule has 0 aliphatic carbocycles. The zero-order valence-corrected chi connectivity index (χ0v) is 18.2. The Morgan fingerprint density at radius 2 is 1.66 bits per heavy atom. The maximum Gasteiger partial charge on any atom is 0.255 e. The number of nitrogens with zero attached hydrogens (tertiary/aromatic N) is 2. The van der Waals surface area contributed by atoms with E-state index >= 15 is 0 Å². The Bertz CT molecular complexity index is 1220. The summed E-state index contributed by atoms with van der Waals surface area (Å²) < 4.78 is 54.2. The lowest BCUT2D eigenvalue weighted by atomic mass is 10.2. The number of nitrogens with one attached hydrogen (secondary N) is 1. The van der Waals surface area contributed by atoms with Gasteiger partial charge in [-0.3, -0.25) is 4.79 Å². The molecule has 3 aromatic carbocycles. The number of hydrogen-bond acceptors (Lipinski definition) is 4. The second-order valence-corrected chi connectivity index (χ2v) is 9.04. The summed E-state index contributed by atoms with van der Waals surface area (Å²) in [5, 5.41) is 4.10. The van der Waals surface area contributed by atoms with Crippen LogP contribution in [0.5, 0.6) is 0 Å². The Labute approximate surface area is 189 Å². The molecule has 0 fully saturated rings. The lowest BCUT2D eigenvalue weighted by Gasteiger charge is -2.21. The maximum atomic E-state index is 14.2. The van der Waals surface area contributed by atoms with Crippen LogP contribution in [0.25, 0.3) is 0 Å². The SMILES string of the molecule is O=C(CN(Cc1ccccc1F)S(=O)(=O)c1ccc(Cl)cc1)NN=Cc1ccc(F)cc1. The molecule has 3 aromatic rings. The van der Waals surface area contributed by atoms with Crippen molar-refractivity contribution in [3.8, 4) is 0 Å². The smallest absolute Gasteiger partial charge is 0.255 e. The first-order valence-electron chi connectivity index (χ1n) is 9.32. The number of hydrogen-bond donors (Lipinski definition) is 1. The van der Waals surface area contributed by atoms with Gasteiger partial charge in [-0.25, -0.2) is 22.6 Å². The van der Waals surface area contributed by atoms with Crippen LogP contribution in [-0.4, -0.2) is 31.4 Å². The molecule has 0 radical (unpaired) electrons. The highest BCUT2D eigenvalue weighted by Gasteiger charge is 2.27. The minimum Gasteiger partial charge on any atom is -0.272 e. The summed E-state index contributed by atoms with van der Waals surface area (Å²) in [7, 11) is -4.16. The van der Waals surface area contributed by atoms with Crippen molar-refractivity contribution >= 4 is 33.7 Å². The van der Waals surface area contributed by atoms with Gasteiger partial charge in [0.15, 0.2) is 0 Å². The molecule has 166 valence electrons. The number of amides is 1. The van der Waals surface area contributed by atoms with Crippen molar-refractivity contribution < 1.29 is 22.0 Å². The largest absolute Gasteiger partial charge is 0.272 e. The molecule has 0 aliphatic rings. The average Bonchev–Trinajstić information content (AvgIpc) is 2.76. The van der Waals surface area contributed by atoms with E-state index in [0.29, 0.717) is 10.6 Å². The Hall–Kier alpha value is -3.14. The lowest BCUT2D eigenvalue weighted by molar-refractivity contribution is -0.121. The zero-order valence-electron chi connectivity index (χ0n) is 16.6. The molecule has 6 nitrogen and oxygen atoms in total. The van der Waals surface area contributed by atoms with Crippen molar-refractivity contribution in [2.24, 2.45) is 5.10 Å². The van der Waals surface area contributed by atoms with Gasteiger partial charge in [0.25, 0.3) is 5.91 Å². The van der Waals surface area contributed by atoms with Crippen LogP contribution >= 0.6 is 11.6 Å². The number of carbonyl (C=O) groups is 1. The van der Waals surface area contributed by atoms with Crippen molar-refractivity contribution in [3.63, 3.8) is 0 Å². The molecule has 0 atom stereocenters. The molecular weight excluding hydrogens is 460 g/mol. The molecule has 1 amide bonds. The molecule has 3 rings (SSSR count). The third-order valence-electron chi connectivity index (χ3n) is 4.35. The van der Waals surface area contributed by atoms with Gasteiger partial charge in [0.05, 0.1) is 17.7 Å². The predicted molar refractivity (Wildman–Crippen MR) is 118 cm³/mol. The van der Waals surface area contributed by atoms with E-state index in [1.165, 1.54) is 72.9 Å². The monoisotopic (exact) mass is 477 g/mol. The Kier molecular flexibility index (Phi) is 7.68. The first kappa shape index (κ1) is 23.5. The van der Waals surface area contributed by atoms with Crippen LogP contribution in [0.1, 0.15) is 11.1 Å². The molecule has 0 saturated carbocycles. The van der Waals surface area contributed by atoms with E-state index in [9.17, 15) is 22.0 Å². The topological polar surface area (TPSA) is 78.8 Å². The summed E-state index contributed by atoms with van der Waals surface area (Å²) in [6.45, 7) is -0.979. The van der Waals surface area contributed by atoms with Crippen LogP contribution in [-0.2, 0) is 21.4 Å². The molecule has 1 N–H and O–H groups in total. The Balaban J connectivity index is 1.80. The van der Waals surface area contributed by atoms with Gasteiger partial charge in [0.2, 0.25) is 10.0 Å². The molecule has 32 heavy (non-hydrogen) atoms. The molecule has 0 aromatic heterocycles. The second-order valence-electron chi connectivity index (χ2n) is 6.66. The van der Waals surface area contributed by atoms with Gasteiger partial charge < -0.3 is 0 Å². The molecule has 0 saturated heterocycles. The van der Waals surface area contributed by atoms with Crippen molar-refractivity contribution in [1.29, 1.82) is 0 Å². The fourth-order valence-corrected chi connectivity index (χ4v) is 4.22. The summed E-state index contributed by atoms with van der Waals surface area (Å²) in [5.74, 6) is -1.75. The van der Waals surface area contributed by atoms with E-state index in [1.54, 1.807) is 6.07 Å². The molecule has 0 aliphatic heterocycles. The van der Waals surface area contributed by atoms with E-state index in [2.05, 4.69) is 10.5 Å². The average molecular weight is 478 g/mol. The minimum absolute atomic E-state index is 0.0964. The number of halogens is 3. The predicted octanol–water partition coefficient (Wildman–Crippen LogP) is 3.96. The van der Waals surface area contributed by atoms with Gasteiger partial charge in [-0.15, -0.1) is 0 Å². The molecule has 10 heteroatoms. The number of benzene rings is 3. The van der Waals surface area contributed by atoms with E-state index in [1.807, 2.05) is 0 Å². The standard InChI is InChI=1S/C22H18ClF2N3O3S/c23-18-7-11-20(12-8-18)32(30,31)28(14-17-3-1-2-4-21(17)25)15-22(29)27-26-13-16-5-9-19(24)10-6-16/h1-13H,14-15H2,(H,27,29). The van der Waals surface area contributed by atoms with Gasteiger partial charge in [-0.1, -0.05) is 41.9 Å². The highest BCUT2D eigenvalue weighted by molar-refractivity contribution is 7.89. The number of rotatable bonds is 8. The van der Waals surface area contributed by atoms with Crippen molar-refractivity contribution in [2.45, 2.75) is 11.4 Å². The second kappa shape index (κ2) is 10.4. The van der Waals surface area contributed by atoms with Gasteiger partial charge in [0, 0.05) is 17.1 Å². The van der Waals surface area contributed by atoms with Crippen molar-refractivity contribution in [3.05, 3.63) is 101 Å². The van der Waals surface area contributed by atoms with E-state index in [0.717, 1.165) is 4.31 Å². The lowest BCUT2D eigenvalue weighted by Crippen LogP contribution is -2.39. The van der Waals surface area contributed by atoms with E-state index in [4.69, 9.17) is 11.6 Å². The minimum atomic E-state index is -4.16. The number of sulfonamides is 1. The van der Waals surface area contributed by atoms with Crippen molar-refractivity contribution in [2.75, 3.05) is 6.54 Å². The third kappa shape index (κ3) is 6.19. The highest BCUT2D eigenvalue weighted by atomic mass is 35.5. The molecule has 0 unspecified atom stereocenters. The van der Waals surface area contributed by atoms with Crippen LogP contribution < -0.4 is 5.43 Å². The van der Waals surface area contributed by atoms with Gasteiger partial charge in [-0.2, -0.15) is 9.41 Å². The fraction of sp³-hybridized carbons (Fsp3) is 0.0909. The summed E-state index contributed by atoms with van der Waals surface area (Å²) in [4.78, 5) is 12.3. The highest BCUT2D eigenvalue weighted by Crippen LogP contribution is 2.21. The Morgan fingerprint density at radius 1 is 1.00 bits per heavy atom.